The number of carbonyl (C=O) groups is 1. The summed E-state index contributed by atoms with van der Waals surface area (Å²) in [6, 6.07) is 9.67. The number of hydrogen-bond acceptors (Lipinski definition) is 3. The van der Waals surface area contributed by atoms with Gasteiger partial charge in [0, 0.05) is 28.7 Å². The van der Waals surface area contributed by atoms with Crippen LogP contribution in [0, 0.1) is 5.82 Å². The highest BCUT2D eigenvalue weighted by Gasteiger charge is 2.18. The Kier molecular flexibility index (Phi) is 5.78. The van der Waals surface area contributed by atoms with E-state index >= 15 is 0 Å². The summed E-state index contributed by atoms with van der Waals surface area (Å²) in [5.74, 6) is -0.856. The summed E-state index contributed by atoms with van der Waals surface area (Å²) in [5.41, 5.74) is 1.63. The van der Waals surface area contributed by atoms with Crippen molar-refractivity contribution in [2.45, 2.75) is 6.42 Å². The van der Waals surface area contributed by atoms with Gasteiger partial charge in [-0.25, -0.2) is 4.39 Å². The molecule has 0 radical (unpaired) electrons. The molecule has 1 heterocycles. The van der Waals surface area contributed by atoms with Crippen molar-refractivity contribution in [1.82, 2.24) is 0 Å². The van der Waals surface area contributed by atoms with Crippen molar-refractivity contribution in [3.05, 3.63) is 57.8 Å². The van der Waals surface area contributed by atoms with Crippen LogP contribution in [0.3, 0.4) is 0 Å². The first-order valence-electron chi connectivity index (χ1n) is 7.89. The van der Waals surface area contributed by atoms with Gasteiger partial charge in [0.25, 0.3) is 0 Å². The molecule has 25 heavy (non-hydrogen) atoms. The zero-order valence-corrected chi connectivity index (χ0v) is 14.9. The predicted octanol–water partition coefficient (Wildman–Crippen LogP) is 4.15. The highest BCUT2D eigenvalue weighted by Crippen LogP contribution is 2.30. The summed E-state index contributed by atoms with van der Waals surface area (Å²) in [6.45, 7) is 2.70. The summed E-state index contributed by atoms with van der Waals surface area (Å²) in [6.07, 6.45) is -0.152. The third-order valence-electron chi connectivity index (χ3n) is 3.98. The Balaban J connectivity index is 1.79. The van der Waals surface area contributed by atoms with Crippen LogP contribution < -0.4 is 10.2 Å². The Labute approximate surface area is 155 Å². The van der Waals surface area contributed by atoms with Gasteiger partial charge < -0.3 is 15.0 Å². The molecule has 1 saturated heterocycles. The molecule has 0 aromatic heterocycles. The van der Waals surface area contributed by atoms with Crippen LogP contribution in [0.15, 0.2) is 36.4 Å². The van der Waals surface area contributed by atoms with Crippen molar-refractivity contribution < 1.29 is 13.9 Å². The van der Waals surface area contributed by atoms with Crippen molar-refractivity contribution in [3.63, 3.8) is 0 Å². The number of benzene rings is 2. The van der Waals surface area contributed by atoms with E-state index in [2.05, 4.69) is 10.2 Å². The largest absolute Gasteiger partial charge is 0.378 e. The lowest BCUT2D eigenvalue weighted by Crippen LogP contribution is -2.36. The minimum absolute atomic E-state index is 0.152. The van der Waals surface area contributed by atoms with Crippen molar-refractivity contribution in [2.24, 2.45) is 0 Å². The van der Waals surface area contributed by atoms with E-state index in [9.17, 15) is 9.18 Å². The molecule has 4 nitrogen and oxygen atoms in total. The van der Waals surface area contributed by atoms with Crippen molar-refractivity contribution in [3.8, 4) is 0 Å². The lowest BCUT2D eigenvalue weighted by molar-refractivity contribution is -0.115. The fraction of sp³-hybridized carbons (Fsp3) is 0.278. The fourth-order valence-corrected chi connectivity index (χ4v) is 3.15. The Hall–Kier alpha value is -1.82. The molecule has 7 heteroatoms. The first-order chi connectivity index (χ1) is 12.0. The molecule has 1 aliphatic heterocycles. The van der Waals surface area contributed by atoms with Gasteiger partial charge in [0.15, 0.2) is 0 Å². The van der Waals surface area contributed by atoms with E-state index in [1.165, 1.54) is 12.1 Å². The van der Waals surface area contributed by atoms with Gasteiger partial charge in [0.2, 0.25) is 5.91 Å². The molecule has 0 unspecified atom stereocenters. The number of anilines is 2. The second-order valence-corrected chi connectivity index (χ2v) is 6.53. The predicted molar refractivity (Wildman–Crippen MR) is 98.2 cm³/mol. The van der Waals surface area contributed by atoms with Gasteiger partial charge in [-0.05, 0) is 30.3 Å². The molecular formula is C18H17Cl2FN2O2. The number of nitrogens with one attached hydrogen (secondary N) is 1. The Morgan fingerprint density at radius 1 is 1.20 bits per heavy atom. The first-order valence-corrected chi connectivity index (χ1v) is 8.65. The van der Waals surface area contributed by atoms with Gasteiger partial charge in [-0.15, -0.1) is 0 Å². The Morgan fingerprint density at radius 2 is 1.96 bits per heavy atom. The van der Waals surface area contributed by atoms with Crippen LogP contribution in [0.5, 0.6) is 0 Å². The molecule has 132 valence electrons. The summed E-state index contributed by atoms with van der Waals surface area (Å²) in [5, 5.41) is 3.56. The molecule has 0 saturated carbocycles. The monoisotopic (exact) mass is 382 g/mol. The normalized spacial score (nSPS) is 14.4. The molecule has 2 aromatic rings. The molecule has 1 aliphatic rings. The van der Waals surface area contributed by atoms with Gasteiger partial charge >= 0.3 is 0 Å². The minimum atomic E-state index is -0.498. The molecule has 2 aromatic carbocycles. The number of carbonyl (C=O) groups excluding carboxylic acids is 1. The lowest BCUT2D eigenvalue weighted by Gasteiger charge is -2.30. The topological polar surface area (TPSA) is 41.6 Å². The van der Waals surface area contributed by atoms with E-state index in [1.807, 2.05) is 6.07 Å². The van der Waals surface area contributed by atoms with E-state index in [4.69, 9.17) is 27.9 Å². The smallest absolute Gasteiger partial charge is 0.229 e. The molecule has 0 atom stereocenters. The van der Waals surface area contributed by atoms with E-state index in [-0.39, 0.29) is 22.9 Å². The molecule has 3 rings (SSSR count). The number of rotatable bonds is 4. The molecule has 0 aliphatic carbocycles. The van der Waals surface area contributed by atoms with Gasteiger partial charge in [-0.3, -0.25) is 4.79 Å². The SMILES string of the molecule is O=C(Cc1c(F)cccc1Cl)Nc1cc(Cl)ccc1N1CCOCC1. The first kappa shape index (κ1) is 18.0. The molecule has 1 N–H and O–H groups in total. The molecule has 1 fully saturated rings. The van der Waals surface area contributed by atoms with Gasteiger partial charge in [0.05, 0.1) is 31.0 Å². The standard InChI is InChI=1S/C18H17Cl2FN2O2/c19-12-4-5-17(23-6-8-25-9-7-23)16(10-12)22-18(24)11-13-14(20)2-1-3-15(13)21/h1-5,10H,6-9,11H2,(H,22,24). The molecule has 0 spiro atoms. The Bertz CT molecular complexity index is 759. The maximum absolute atomic E-state index is 13.9. The van der Waals surface area contributed by atoms with Crippen LogP contribution in [0.4, 0.5) is 15.8 Å². The average molecular weight is 383 g/mol. The van der Waals surface area contributed by atoms with E-state index in [0.717, 1.165) is 18.8 Å². The summed E-state index contributed by atoms with van der Waals surface area (Å²) in [4.78, 5) is 14.5. The maximum Gasteiger partial charge on any atom is 0.229 e. The van der Waals surface area contributed by atoms with Gasteiger partial charge in [-0.2, -0.15) is 0 Å². The zero-order chi connectivity index (χ0) is 17.8. The summed E-state index contributed by atoms with van der Waals surface area (Å²) < 4.78 is 19.2. The number of amides is 1. The third kappa shape index (κ3) is 4.42. The van der Waals surface area contributed by atoms with Crippen molar-refractivity contribution in [1.29, 1.82) is 0 Å². The van der Waals surface area contributed by atoms with Gasteiger partial charge in [-0.1, -0.05) is 29.3 Å². The van der Waals surface area contributed by atoms with Crippen molar-refractivity contribution >= 4 is 40.5 Å². The Morgan fingerprint density at radius 3 is 2.68 bits per heavy atom. The number of nitrogens with zero attached hydrogens (tertiary/aromatic N) is 1. The number of ether oxygens (including phenoxy) is 1. The van der Waals surface area contributed by atoms with Crippen LogP contribution in [-0.4, -0.2) is 32.2 Å². The quantitative estimate of drug-likeness (QED) is 0.863. The van der Waals surface area contributed by atoms with E-state index in [1.54, 1.807) is 18.2 Å². The van der Waals surface area contributed by atoms with E-state index < -0.39 is 5.82 Å². The molecular weight excluding hydrogens is 366 g/mol. The molecule has 0 bridgehead atoms. The maximum atomic E-state index is 13.9. The highest BCUT2D eigenvalue weighted by molar-refractivity contribution is 6.32. The lowest BCUT2D eigenvalue weighted by atomic mass is 10.1. The summed E-state index contributed by atoms with van der Waals surface area (Å²) >= 11 is 12.1. The average Bonchev–Trinajstić information content (AvgIpc) is 2.59. The number of halogens is 3. The zero-order valence-electron chi connectivity index (χ0n) is 13.4. The highest BCUT2D eigenvalue weighted by atomic mass is 35.5. The summed E-state index contributed by atoms with van der Waals surface area (Å²) in [7, 11) is 0. The van der Waals surface area contributed by atoms with Crippen LogP contribution in [-0.2, 0) is 16.0 Å². The third-order valence-corrected chi connectivity index (χ3v) is 4.57. The van der Waals surface area contributed by atoms with Crippen LogP contribution >= 0.6 is 23.2 Å². The second-order valence-electron chi connectivity index (χ2n) is 5.69. The van der Waals surface area contributed by atoms with Gasteiger partial charge in [0.1, 0.15) is 5.82 Å². The second kappa shape index (κ2) is 8.04. The van der Waals surface area contributed by atoms with Crippen LogP contribution in [0.2, 0.25) is 10.0 Å². The number of morpholine rings is 1. The van der Waals surface area contributed by atoms with Crippen LogP contribution in [0.1, 0.15) is 5.56 Å². The molecule has 1 amide bonds. The van der Waals surface area contributed by atoms with E-state index in [0.29, 0.717) is 23.9 Å². The van der Waals surface area contributed by atoms with Crippen molar-refractivity contribution in [2.75, 3.05) is 36.5 Å². The fourth-order valence-electron chi connectivity index (χ4n) is 2.74. The van der Waals surface area contributed by atoms with Crippen LogP contribution in [0.25, 0.3) is 0 Å². The minimum Gasteiger partial charge on any atom is -0.378 e. The number of hydrogen-bond donors (Lipinski definition) is 1.